The summed E-state index contributed by atoms with van der Waals surface area (Å²) in [6, 6.07) is 2.28. The van der Waals surface area contributed by atoms with Gasteiger partial charge in [-0.15, -0.1) is 0 Å². The van der Waals surface area contributed by atoms with E-state index in [-0.39, 0.29) is 5.41 Å². The number of hydrogen-bond acceptors (Lipinski definition) is 2. The van der Waals surface area contributed by atoms with Crippen molar-refractivity contribution >= 4 is 0 Å². The van der Waals surface area contributed by atoms with E-state index in [0.29, 0.717) is 0 Å². The quantitative estimate of drug-likeness (QED) is 0.493. The zero-order chi connectivity index (χ0) is 6.04. The summed E-state index contributed by atoms with van der Waals surface area (Å²) in [6.07, 6.45) is 1.00. The van der Waals surface area contributed by atoms with Crippen LogP contribution in [-0.2, 0) is 0 Å². The van der Waals surface area contributed by atoms with Crippen molar-refractivity contribution in [3.8, 4) is 6.07 Å². The van der Waals surface area contributed by atoms with Gasteiger partial charge in [0.1, 0.15) is 0 Å². The normalized spacial score (nSPS) is 37.0. The van der Waals surface area contributed by atoms with Crippen LogP contribution in [0.4, 0.5) is 0 Å². The minimum atomic E-state index is -0.0694. The molecule has 1 saturated heterocycles. The van der Waals surface area contributed by atoms with Crippen LogP contribution >= 0.6 is 0 Å². The molecule has 8 heavy (non-hydrogen) atoms. The zero-order valence-electron chi connectivity index (χ0n) is 5.07. The SMILES string of the molecule is C[C@]1(C#N)CCNC1. The van der Waals surface area contributed by atoms with Gasteiger partial charge in [-0.25, -0.2) is 0 Å². The fraction of sp³-hybridized carbons (Fsp3) is 0.833. The molecule has 0 aromatic heterocycles. The molecule has 0 amide bonds. The van der Waals surface area contributed by atoms with Crippen molar-refractivity contribution in [1.29, 1.82) is 5.26 Å². The van der Waals surface area contributed by atoms with Gasteiger partial charge in [-0.1, -0.05) is 0 Å². The molecule has 0 spiro atoms. The Morgan fingerprint density at radius 3 is 2.75 bits per heavy atom. The lowest BCUT2D eigenvalue weighted by molar-refractivity contribution is 0.496. The predicted octanol–water partition coefficient (Wildman–Crippen LogP) is 0.510. The second-order valence-corrected chi connectivity index (χ2v) is 2.60. The van der Waals surface area contributed by atoms with Gasteiger partial charge in [0, 0.05) is 6.54 Å². The Balaban J connectivity index is 2.56. The van der Waals surface area contributed by atoms with Crippen molar-refractivity contribution in [3.05, 3.63) is 0 Å². The molecule has 1 atom stereocenters. The third-order valence-electron chi connectivity index (χ3n) is 1.64. The van der Waals surface area contributed by atoms with E-state index < -0.39 is 0 Å². The van der Waals surface area contributed by atoms with Crippen molar-refractivity contribution in [1.82, 2.24) is 5.32 Å². The van der Waals surface area contributed by atoms with Gasteiger partial charge in [-0.3, -0.25) is 0 Å². The second kappa shape index (κ2) is 1.75. The van der Waals surface area contributed by atoms with Crippen LogP contribution in [0.2, 0.25) is 0 Å². The van der Waals surface area contributed by atoms with Crippen LogP contribution in [-0.4, -0.2) is 13.1 Å². The minimum absolute atomic E-state index is 0.0694. The van der Waals surface area contributed by atoms with Gasteiger partial charge in [0.15, 0.2) is 0 Å². The molecular weight excluding hydrogens is 100 g/mol. The topological polar surface area (TPSA) is 35.8 Å². The summed E-state index contributed by atoms with van der Waals surface area (Å²) in [4.78, 5) is 0. The second-order valence-electron chi connectivity index (χ2n) is 2.60. The van der Waals surface area contributed by atoms with Crippen molar-refractivity contribution in [2.24, 2.45) is 5.41 Å². The van der Waals surface area contributed by atoms with Crippen molar-refractivity contribution in [2.45, 2.75) is 13.3 Å². The smallest absolute Gasteiger partial charge is 0.0700 e. The number of rotatable bonds is 0. The fourth-order valence-corrected chi connectivity index (χ4v) is 0.912. The van der Waals surface area contributed by atoms with Crippen LogP contribution in [0.1, 0.15) is 13.3 Å². The average Bonchev–Trinajstić information content (AvgIpc) is 2.17. The fourth-order valence-electron chi connectivity index (χ4n) is 0.912. The van der Waals surface area contributed by atoms with Crippen LogP contribution in [0.5, 0.6) is 0 Å². The molecule has 2 heteroatoms. The molecule has 0 aliphatic carbocycles. The van der Waals surface area contributed by atoms with Crippen LogP contribution < -0.4 is 5.32 Å². The molecule has 2 nitrogen and oxygen atoms in total. The monoisotopic (exact) mass is 110 g/mol. The van der Waals surface area contributed by atoms with Crippen LogP contribution in [0.25, 0.3) is 0 Å². The van der Waals surface area contributed by atoms with E-state index in [9.17, 15) is 0 Å². The molecular formula is C6H10N2. The van der Waals surface area contributed by atoms with Crippen molar-refractivity contribution in [2.75, 3.05) is 13.1 Å². The summed E-state index contributed by atoms with van der Waals surface area (Å²) in [5, 5.41) is 11.7. The molecule has 0 unspecified atom stereocenters. The molecule has 1 N–H and O–H groups in total. The molecule has 1 fully saturated rings. The number of nitrogens with one attached hydrogen (secondary N) is 1. The van der Waals surface area contributed by atoms with E-state index in [4.69, 9.17) is 5.26 Å². The maximum Gasteiger partial charge on any atom is 0.0700 e. The lowest BCUT2D eigenvalue weighted by atomic mass is 9.92. The standard InChI is InChI=1S/C6H10N2/c1-6(4-7)2-3-8-5-6/h8H,2-3,5H2,1H3/t6-/m1/s1. The molecule has 0 saturated carbocycles. The zero-order valence-corrected chi connectivity index (χ0v) is 5.07. The van der Waals surface area contributed by atoms with E-state index in [1.54, 1.807) is 0 Å². The Hall–Kier alpha value is -0.550. The average molecular weight is 110 g/mol. The number of hydrogen-bond donors (Lipinski definition) is 1. The summed E-state index contributed by atoms with van der Waals surface area (Å²) in [5.41, 5.74) is -0.0694. The lowest BCUT2D eigenvalue weighted by Crippen LogP contribution is -2.17. The van der Waals surface area contributed by atoms with Gasteiger partial charge in [-0.05, 0) is 19.9 Å². The summed E-state index contributed by atoms with van der Waals surface area (Å²) >= 11 is 0. The maximum absolute atomic E-state index is 8.54. The lowest BCUT2D eigenvalue weighted by Gasteiger charge is -2.08. The van der Waals surface area contributed by atoms with Crippen LogP contribution in [0, 0.1) is 16.7 Å². The van der Waals surface area contributed by atoms with E-state index in [0.717, 1.165) is 19.5 Å². The minimum Gasteiger partial charge on any atom is -0.315 e. The first-order chi connectivity index (χ1) is 3.77. The maximum atomic E-state index is 8.54. The number of nitrogens with zero attached hydrogens (tertiary/aromatic N) is 1. The van der Waals surface area contributed by atoms with Gasteiger partial charge in [0.05, 0.1) is 11.5 Å². The first kappa shape index (κ1) is 5.58. The molecule has 1 aliphatic rings. The molecule has 1 heterocycles. The molecule has 0 bridgehead atoms. The van der Waals surface area contributed by atoms with E-state index in [1.165, 1.54) is 0 Å². The third kappa shape index (κ3) is 0.823. The van der Waals surface area contributed by atoms with Crippen molar-refractivity contribution < 1.29 is 0 Å². The van der Waals surface area contributed by atoms with E-state index in [2.05, 4.69) is 11.4 Å². The highest BCUT2D eigenvalue weighted by Gasteiger charge is 2.27. The van der Waals surface area contributed by atoms with Gasteiger partial charge in [0.25, 0.3) is 0 Å². The van der Waals surface area contributed by atoms with Gasteiger partial charge in [-0.2, -0.15) is 5.26 Å². The molecule has 0 aromatic carbocycles. The summed E-state index contributed by atoms with van der Waals surface area (Å²) in [5.74, 6) is 0. The first-order valence-electron chi connectivity index (χ1n) is 2.89. The predicted molar refractivity (Wildman–Crippen MR) is 31.2 cm³/mol. The Bertz CT molecular complexity index is 117. The summed E-state index contributed by atoms with van der Waals surface area (Å²) in [7, 11) is 0. The summed E-state index contributed by atoms with van der Waals surface area (Å²) < 4.78 is 0. The van der Waals surface area contributed by atoms with Gasteiger partial charge in [0.2, 0.25) is 0 Å². The molecule has 1 aliphatic heterocycles. The third-order valence-corrected chi connectivity index (χ3v) is 1.64. The Labute approximate surface area is 49.5 Å². The molecule has 0 radical (unpaired) electrons. The van der Waals surface area contributed by atoms with Crippen LogP contribution in [0.15, 0.2) is 0 Å². The van der Waals surface area contributed by atoms with E-state index >= 15 is 0 Å². The Kier molecular flexibility index (Phi) is 1.22. The molecule has 44 valence electrons. The molecule has 1 rings (SSSR count). The van der Waals surface area contributed by atoms with Crippen molar-refractivity contribution in [3.63, 3.8) is 0 Å². The highest BCUT2D eigenvalue weighted by atomic mass is 14.9. The van der Waals surface area contributed by atoms with E-state index in [1.807, 2.05) is 6.92 Å². The van der Waals surface area contributed by atoms with Gasteiger partial charge < -0.3 is 5.32 Å². The highest BCUT2D eigenvalue weighted by molar-refractivity contribution is 5.00. The highest BCUT2D eigenvalue weighted by Crippen LogP contribution is 2.21. The number of nitriles is 1. The largest absolute Gasteiger partial charge is 0.315 e. The van der Waals surface area contributed by atoms with Crippen LogP contribution in [0.3, 0.4) is 0 Å². The molecule has 0 aromatic rings. The summed E-state index contributed by atoms with van der Waals surface area (Å²) in [6.45, 7) is 3.86. The Morgan fingerprint density at radius 1 is 1.75 bits per heavy atom. The first-order valence-corrected chi connectivity index (χ1v) is 2.89. The Morgan fingerprint density at radius 2 is 2.50 bits per heavy atom. The van der Waals surface area contributed by atoms with Gasteiger partial charge >= 0.3 is 0 Å².